The van der Waals surface area contributed by atoms with Crippen LogP contribution in [0.3, 0.4) is 0 Å². The van der Waals surface area contributed by atoms with Crippen molar-refractivity contribution in [3.05, 3.63) is 40.8 Å². The highest BCUT2D eigenvalue weighted by molar-refractivity contribution is 8.05. The average Bonchev–Trinajstić information content (AvgIpc) is 2.36. The maximum absolute atomic E-state index is 12.8. The van der Waals surface area contributed by atoms with E-state index in [2.05, 4.69) is 0 Å². The summed E-state index contributed by atoms with van der Waals surface area (Å²) in [6.45, 7) is 0. The molecular formula is C11H7ClF4OS. The molecule has 1 aromatic carbocycles. The normalized spacial score (nSPS) is 13.4. The number of hydrogen-bond acceptors (Lipinski definition) is 2. The van der Waals surface area contributed by atoms with Crippen molar-refractivity contribution in [3.8, 4) is 0 Å². The van der Waals surface area contributed by atoms with Gasteiger partial charge in [-0.25, -0.2) is 8.78 Å². The molecule has 0 aliphatic heterocycles. The van der Waals surface area contributed by atoms with Gasteiger partial charge in [0.15, 0.2) is 6.29 Å². The van der Waals surface area contributed by atoms with Gasteiger partial charge in [0.1, 0.15) is 0 Å². The fourth-order valence-corrected chi connectivity index (χ4v) is 1.96. The van der Waals surface area contributed by atoms with Crippen LogP contribution in [-0.4, -0.2) is 18.0 Å². The maximum atomic E-state index is 12.8. The van der Waals surface area contributed by atoms with Crippen LogP contribution in [0.1, 0.15) is 5.56 Å². The average molecular weight is 299 g/mol. The lowest BCUT2D eigenvalue weighted by atomic mass is 10.2. The van der Waals surface area contributed by atoms with E-state index in [4.69, 9.17) is 11.6 Å². The number of benzene rings is 1. The summed E-state index contributed by atoms with van der Waals surface area (Å²) in [5, 5.41) is -4.64. The first-order valence-corrected chi connectivity index (χ1v) is 5.83. The number of carbonyl (C=O) groups excluding carboxylic acids is 1. The summed E-state index contributed by atoms with van der Waals surface area (Å²) in [5.74, 6) is 0. The predicted octanol–water partition coefficient (Wildman–Crippen LogP) is 4.38. The van der Waals surface area contributed by atoms with E-state index >= 15 is 0 Å². The highest BCUT2D eigenvalue weighted by Crippen LogP contribution is 2.42. The Kier molecular flexibility index (Phi) is 5.22. The second-order valence-corrected chi connectivity index (χ2v) is 4.69. The Hall–Kier alpha value is -1.01. The van der Waals surface area contributed by atoms with Crippen molar-refractivity contribution in [2.75, 3.05) is 0 Å². The molecule has 0 aliphatic carbocycles. The second kappa shape index (κ2) is 6.24. The topological polar surface area (TPSA) is 17.1 Å². The monoisotopic (exact) mass is 298 g/mol. The smallest absolute Gasteiger partial charge is 0.297 e. The fourth-order valence-electron chi connectivity index (χ4n) is 1.04. The van der Waals surface area contributed by atoms with Crippen molar-refractivity contribution in [1.29, 1.82) is 0 Å². The Labute approximate surface area is 110 Å². The third kappa shape index (κ3) is 3.74. The minimum absolute atomic E-state index is 0.0380. The highest BCUT2D eigenvalue weighted by Gasteiger charge is 2.43. The van der Waals surface area contributed by atoms with Crippen LogP contribution in [0.4, 0.5) is 17.6 Å². The van der Waals surface area contributed by atoms with Crippen molar-refractivity contribution in [3.63, 3.8) is 0 Å². The quantitative estimate of drug-likeness (QED) is 0.456. The van der Waals surface area contributed by atoms with E-state index in [1.165, 1.54) is 12.1 Å². The van der Waals surface area contributed by atoms with Gasteiger partial charge in [0.2, 0.25) is 0 Å². The lowest BCUT2D eigenvalue weighted by Gasteiger charge is -2.14. The van der Waals surface area contributed by atoms with Crippen molar-refractivity contribution in [2.24, 2.45) is 0 Å². The van der Waals surface area contributed by atoms with E-state index in [1.807, 2.05) is 0 Å². The molecule has 7 heteroatoms. The maximum Gasteiger partial charge on any atom is 0.357 e. The van der Waals surface area contributed by atoms with Crippen LogP contribution in [0, 0.1) is 0 Å². The van der Waals surface area contributed by atoms with Crippen LogP contribution in [0.15, 0.2) is 35.2 Å². The molecule has 0 atom stereocenters. The Morgan fingerprint density at radius 1 is 1.28 bits per heavy atom. The summed E-state index contributed by atoms with van der Waals surface area (Å²) in [5.41, 5.74) is 0.304. The van der Waals surface area contributed by atoms with E-state index in [0.717, 1.165) is 0 Å². The minimum atomic E-state index is -4.36. The Bertz CT molecular complexity index is 448. The number of allylic oxidation sites excluding steroid dienone is 1. The van der Waals surface area contributed by atoms with E-state index < -0.39 is 28.3 Å². The second-order valence-electron chi connectivity index (χ2n) is 3.13. The van der Waals surface area contributed by atoms with Gasteiger partial charge in [-0.1, -0.05) is 41.9 Å². The zero-order chi connectivity index (χ0) is 13.8. The molecule has 0 bridgehead atoms. The van der Waals surface area contributed by atoms with Crippen LogP contribution < -0.4 is 0 Å². The molecule has 0 fully saturated rings. The zero-order valence-electron chi connectivity index (χ0n) is 8.75. The summed E-state index contributed by atoms with van der Waals surface area (Å²) in [7, 11) is 0. The van der Waals surface area contributed by atoms with Crippen LogP contribution >= 0.6 is 23.4 Å². The van der Waals surface area contributed by atoms with Crippen molar-refractivity contribution in [2.45, 2.75) is 11.7 Å². The number of aldehydes is 1. The molecule has 1 nitrogen and oxygen atoms in total. The van der Waals surface area contributed by atoms with Gasteiger partial charge >= 0.3 is 11.7 Å². The van der Waals surface area contributed by atoms with Crippen LogP contribution in [0.2, 0.25) is 0 Å². The first kappa shape index (κ1) is 15.0. The number of hydrogen-bond donors (Lipinski definition) is 0. The molecule has 1 aromatic rings. The third-order valence-electron chi connectivity index (χ3n) is 1.85. The van der Waals surface area contributed by atoms with Gasteiger partial charge in [0, 0.05) is 0 Å². The largest absolute Gasteiger partial charge is 0.357 e. The summed E-state index contributed by atoms with van der Waals surface area (Å²) in [4.78, 5) is 10.0. The molecule has 0 heterocycles. The van der Waals surface area contributed by atoms with Gasteiger partial charge in [0.05, 0.1) is 9.94 Å². The molecule has 0 unspecified atom stereocenters. The summed E-state index contributed by atoms with van der Waals surface area (Å²) in [6, 6.07) is 7.78. The van der Waals surface area contributed by atoms with Gasteiger partial charge in [-0.05, 0) is 17.3 Å². The Morgan fingerprint density at radius 3 is 2.28 bits per heavy atom. The number of thioether (sulfide) groups is 1. The molecule has 1 rings (SSSR count). The number of carbonyl (C=O) groups is 1. The predicted molar refractivity (Wildman–Crippen MR) is 63.8 cm³/mol. The lowest BCUT2D eigenvalue weighted by molar-refractivity contribution is -0.104. The van der Waals surface area contributed by atoms with Gasteiger partial charge in [-0.3, -0.25) is 4.79 Å². The van der Waals surface area contributed by atoms with Crippen LogP contribution in [-0.2, 0) is 4.79 Å². The molecule has 98 valence electrons. The van der Waals surface area contributed by atoms with E-state index in [9.17, 15) is 22.4 Å². The summed E-state index contributed by atoms with van der Waals surface area (Å²) in [6.07, 6.45) is -3.84. The van der Waals surface area contributed by atoms with E-state index in [0.29, 0.717) is 5.56 Å². The molecular weight excluding hydrogens is 292 g/mol. The molecule has 0 amide bonds. The highest BCUT2D eigenvalue weighted by atomic mass is 35.5. The SMILES string of the molecule is O=C/C(SC(F)(F)C(F)F)=C(/Cl)c1ccccc1. The lowest BCUT2D eigenvalue weighted by Crippen LogP contribution is -2.22. The van der Waals surface area contributed by atoms with Crippen LogP contribution in [0.5, 0.6) is 0 Å². The van der Waals surface area contributed by atoms with E-state index in [1.54, 1.807) is 18.2 Å². The number of rotatable bonds is 5. The number of halogens is 5. The summed E-state index contributed by atoms with van der Waals surface area (Å²) < 4.78 is 49.7. The number of alkyl halides is 4. The van der Waals surface area contributed by atoms with Gasteiger partial charge < -0.3 is 0 Å². The molecule has 18 heavy (non-hydrogen) atoms. The van der Waals surface area contributed by atoms with Gasteiger partial charge in [-0.15, -0.1) is 0 Å². The Morgan fingerprint density at radius 2 is 1.83 bits per heavy atom. The van der Waals surface area contributed by atoms with Crippen molar-refractivity contribution < 1.29 is 22.4 Å². The third-order valence-corrected chi connectivity index (χ3v) is 3.36. The molecule has 0 saturated carbocycles. The molecule has 0 spiro atoms. The molecule has 0 aliphatic rings. The van der Waals surface area contributed by atoms with Crippen molar-refractivity contribution in [1.82, 2.24) is 0 Å². The first-order valence-electron chi connectivity index (χ1n) is 4.64. The van der Waals surface area contributed by atoms with E-state index in [-0.39, 0.29) is 11.3 Å². The summed E-state index contributed by atoms with van der Waals surface area (Å²) >= 11 is 5.19. The zero-order valence-corrected chi connectivity index (χ0v) is 10.3. The Balaban J connectivity index is 3.06. The van der Waals surface area contributed by atoms with Crippen molar-refractivity contribution >= 4 is 34.7 Å². The van der Waals surface area contributed by atoms with Gasteiger partial charge in [0.25, 0.3) is 0 Å². The molecule has 0 radical (unpaired) electrons. The molecule has 0 N–H and O–H groups in total. The molecule has 0 saturated heterocycles. The standard InChI is InChI=1S/C11H7ClF4OS/c12-9(7-4-2-1-3-5-7)8(6-17)18-11(15,16)10(13)14/h1-6,10H/b9-8-. The van der Waals surface area contributed by atoms with Crippen LogP contribution in [0.25, 0.3) is 5.03 Å². The first-order chi connectivity index (χ1) is 8.38. The fraction of sp³-hybridized carbons (Fsp3) is 0.182. The minimum Gasteiger partial charge on any atom is -0.297 e. The molecule has 0 aromatic heterocycles. The van der Waals surface area contributed by atoms with Gasteiger partial charge in [-0.2, -0.15) is 8.78 Å².